The van der Waals surface area contributed by atoms with Crippen LogP contribution in [0.1, 0.15) is 5.56 Å². The van der Waals surface area contributed by atoms with E-state index < -0.39 is 12.0 Å². The van der Waals surface area contributed by atoms with Gasteiger partial charge in [0, 0.05) is 10.0 Å². The lowest BCUT2D eigenvalue weighted by atomic mass is 9.94. The highest BCUT2D eigenvalue weighted by Crippen LogP contribution is 2.35. The summed E-state index contributed by atoms with van der Waals surface area (Å²) < 4.78 is 0.928. The van der Waals surface area contributed by atoms with Gasteiger partial charge in [0.2, 0.25) is 12.0 Å². The van der Waals surface area contributed by atoms with Gasteiger partial charge < -0.3 is 4.84 Å². The number of hydrogen-bond donors (Lipinski definition) is 0. The molecule has 23 heavy (non-hydrogen) atoms. The van der Waals surface area contributed by atoms with E-state index in [-0.39, 0.29) is 11.8 Å². The van der Waals surface area contributed by atoms with Gasteiger partial charge in [-0.2, -0.15) is 0 Å². The van der Waals surface area contributed by atoms with Crippen LogP contribution in [-0.4, -0.2) is 23.6 Å². The maximum atomic E-state index is 12.8. The molecule has 0 aromatic heterocycles. The van der Waals surface area contributed by atoms with E-state index >= 15 is 0 Å². The molecular weight excluding hydrogens is 360 g/mol. The zero-order valence-corrected chi connectivity index (χ0v) is 13.4. The summed E-state index contributed by atoms with van der Waals surface area (Å²) in [6, 6.07) is 16.3. The van der Waals surface area contributed by atoms with Gasteiger partial charge in [-0.25, -0.2) is 4.90 Å². The van der Waals surface area contributed by atoms with E-state index in [1.807, 2.05) is 30.3 Å². The molecule has 0 aliphatic carbocycles. The van der Waals surface area contributed by atoms with E-state index in [1.165, 1.54) is 4.90 Å². The molecule has 6 heteroatoms. The summed E-state index contributed by atoms with van der Waals surface area (Å²) >= 11 is 3.37. The molecule has 0 bridgehead atoms. The minimum Gasteiger partial charge on any atom is -0.381 e. The Morgan fingerprint density at radius 2 is 1.65 bits per heavy atom. The molecule has 114 valence electrons. The molecule has 2 unspecified atom stereocenters. The highest BCUT2D eigenvalue weighted by Gasteiger charge is 2.56. The van der Waals surface area contributed by atoms with Gasteiger partial charge in [-0.15, -0.1) is 0 Å². The topological polar surface area (TPSA) is 59.0 Å². The van der Waals surface area contributed by atoms with Crippen molar-refractivity contribution in [2.75, 3.05) is 4.90 Å². The van der Waals surface area contributed by atoms with Gasteiger partial charge in [0.05, 0.1) is 5.69 Å². The number of benzene rings is 2. The Kier molecular flexibility index (Phi) is 3.27. The lowest BCUT2D eigenvalue weighted by molar-refractivity contribution is -0.126. The standard InChI is InChI=1S/C17H11BrN2O3/c18-11-8-6-10(7-9-11)14-13-15(23-19-14)17(22)20(16(13)21)12-4-2-1-3-5-12/h1-9,13,15H. The molecule has 0 radical (unpaired) electrons. The maximum absolute atomic E-state index is 12.8. The highest BCUT2D eigenvalue weighted by molar-refractivity contribution is 9.10. The third kappa shape index (κ3) is 2.17. The fourth-order valence-corrected chi connectivity index (χ4v) is 3.13. The number of hydrogen-bond acceptors (Lipinski definition) is 4. The zero-order valence-electron chi connectivity index (χ0n) is 11.8. The van der Waals surface area contributed by atoms with E-state index in [1.54, 1.807) is 24.3 Å². The summed E-state index contributed by atoms with van der Waals surface area (Å²) in [5, 5.41) is 3.98. The normalized spacial score (nSPS) is 22.8. The van der Waals surface area contributed by atoms with Gasteiger partial charge >= 0.3 is 0 Å². The predicted molar refractivity (Wildman–Crippen MR) is 88.0 cm³/mol. The number of fused-ring (bicyclic) bond motifs is 1. The van der Waals surface area contributed by atoms with Crippen molar-refractivity contribution in [3.8, 4) is 0 Å². The Balaban J connectivity index is 1.71. The summed E-state index contributed by atoms with van der Waals surface area (Å²) in [5.74, 6) is -1.36. The van der Waals surface area contributed by atoms with Gasteiger partial charge in [0.25, 0.3) is 5.91 Å². The van der Waals surface area contributed by atoms with Crippen molar-refractivity contribution in [3.05, 3.63) is 64.6 Å². The molecule has 4 rings (SSSR count). The molecule has 2 atom stereocenters. The molecule has 2 aliphatic rings. The number of para-hydroxylation sites is 1. The first-order chi connectivity index (χ1) is 11.2. The van der Waals surface area contributed by atoms with Gasteiger partial charge in [-0.1, -0.05) is 51.4 Å². The molecule has 2 aromatic carbocycles. The third-order valence-corrected chi connectivity index (χ3v) is 4.50. The van der Waals surface area contributed by atoms with Crippen LogP contribution in [0.5, 0.6) is 0 Å². The van der Waals surface area contributed by atoms with Crippen molar-refractivity contribution in [1.29, 1.82) is 0 Å². The van der Waals surface area contributed by atoms with Gasteiger partial charge in [-0.3, -0.25) is 9.59 Å². The van der Waals surface area contributed by atoms with Crippen LogP contribution in [0.2, 0.25) is 0 Å². The van der Waals surface area contributed by atoms with Crippen LogP contribution < -0.4 is 4.90 Å². The molecule has 2 amide bonds. The summed E-state index contributed by atoms with van der Waals surface area (Å²) in [6.45, 7) is 0. The number of carbonyl (C=O) groups excluding carboxylic acids is 2. The molecule has 0 N–H and O–H groups in total. The second-order valence-corrected chi connectivity index (χ2v) is 6.25. The van der Waals surface area contributed by atoms with E-state index in [0.29, 0.717) is 11.4 Å². The van der Waals surface area contributed by atoms with Crippen LogP contribution >= 0.6 is 15.9 Å². The highest BCUT2D eigenvalue weighted by atomic mass is 79.9. The van der Waals surface area contributed by atoms with Crippen LogP contribution in [0, 0.1) is 5.92 Å². The Morgan fingerprint density at radius 1 is 0.957 bits per heavy atom. The van der Waals surface area contributed by atoms with Crippen LogP contribution in [0.15, 0.2) is 64.2 Å². The smallest absolute Gasteiger partial charge is 0.278 e. The fraction of sp³-hybridized carbons (Fsp3) is 0.118. The predicted octanol–water partition coefficient (Wildman–Crippen LogP) is 2.74. The fourth-order valence-electron chi connectivity index (χ4n) is 2.87. The summed E-state index contributed by atoms with van der Waals surface area (Å²) in [7, 11) is 0. The average Bonchev–Trinajstić information content (AvgIpc) is 3.10. The summed E-state index contributed by atoms with van der Waals surface area (Å²) in [4.78, 5) is 31.8. The first kappa shape index (κ1) is 14.1. The lowest BCUT2D eigenvalue weighted by Gasteiger charge is -2.15. The first-order valence-electron chi connectivity index (χ1n) is 7.09. The average molecular weight is 371 g/mol. The van der Waals surface area contributed by atoms with Crippen molar-refractivity contribution in [2.45, 2.75) is 6.10 Å². The Bertz CT molecular complexity index is 817. The van der Waals surface area contributed by atoms with E-state index in [2.05, 4.69) is 21.1 Å². The molecule has 5 nitrogen and oxygen atoms in total. The van der Waals surface area contributed by atoms with Crippen molar-refractivity contribution in [3.63, 3.8) is 0 Å². The van der Waals surface area contributed by atoms with Crippen LogP contribution in [0.25, 0.3) is 0 Å². The van der Waals surface area contributed by atoms with Gasteiger partial charge in [0.1, 0.15) is 11.6 Å². The van der Waals surface area contributed by atoms with Crippen molar-refractivity contribution < 1.29 is 14.4 Å². The van der Waals surface area contributed by atoms with Crippen molar-refractivity contribution >= 4 is 39.1 Å². The number of nitrogens with zero attached hydrogens (tertiary/aromatic N) is 2. The molecule has 0 spiro atoms. The number of rotatable bonds is 2. The minimum absolute atomic E-state index is 0.301. The molecule has 1 fully saturated rings. The van der Waals surface area contributed by atoms with E-state index in [9.17, 15) is 9.59 Å². The Hall–Kier alpha value is -2.47. The molecule has 2 heterocycles. The number of amides is 2. The number of carbonyl (C=O) groups is 2. The maximum Gasteiger partial charge on any atom is 0.278 e. The van der Waals surface area contributed by atoms with Gasteiger partial charge in [-0.05, 0) is 24.3 Å². The number of oxime groups is 1. The Labute approximate surface area is 140 Å². The number of imide groups is 1. The molecule has 0 saturated carbocycles. The Morgan fingerprint density at radius 3 is 2.35 bits per heavy atom. The van der Waals surface area contributed by atoms with Crippen molar-refractivity contribution in [2.24, 2.45) is 11.1 Å². The molecule has 2 aromatic rings. The summed E-state index contributed by atoms with van der Waals surface area (Å²) in [5.41, 5.74) is 1.83. The number of anilines is 1. The first-order valence-corrected chi connectivity index (χ1v) is 7.88. The lowest BCUT2D eigenvalue weighted by Crippen LogP contribution is -2.33. The molecular formula is C17H11BrN2O3. The van der Waals surface area contributed by atoms with Crippen molar-refractivity contribution in [1.82, 2.24) is 0 Å². The van der Waals surface area contributed by atoms with Crippen LogP contribution in [-0.2, 0) is 14.4 Å². The molecule has 2 aliphatic heterocycles. The monoisotopic (exact) mass is 370 g/mol. The van der Waals surface area contributed by atoms with Crippen LogP contribution in [0.4, 0.5) is 5.69 Å². The number of halogens is 1. The quantitative estimate of drug-likeness (QED) is 0.763. The third-order valence-electron chi connectivity index (χ3n) is 3.97. The zero-order chi connectivity index (χ0) is 16.0. The second kappa shape index (κ2) is 5.31. The second-order valence-electron chi connectivity index (χ2n) is 5.33. The van der Waals surface area contributed by atoms with E-state index in [4.69, 9.17) is 4.84 Å². The minimum atomic E-state index is -0.874. The summed E-state index contributed by atoms with van der Waals surface area (Å²) in [6.07, 6.45) is -0.874. The van der Waals surface area contributed by atoms with Crippen LogP contribution in [0.3, 0.4) is 0 Å². The molecule has 1 saturated heterocycles. The van der Waals surface area contributed by atoms with E-state index in [0.717, 1.165) is 10.0 Å². The largest absolute Gasteiger partial charge is 0.381 e. The van der Waals surface area contributed by atoms with Gasteiger partial charge in [0.15, 0.2) is 0 Å². The SMILES string of the molecule is O=C1C2ON=C(c3ccc(Br)cc3)C2C(=O)N1c1ccccc1.